The molecule has 92 valence electrons. The molecule has 5 nitrogen and oxygen atoms in total. The van der Waals surface area contributed by atoms with Crippen LogP contribution in [0.4, 0.5) is 0 Å². The van der Waals surface area contributed by atoms with Crippen molar-refractivity contribution < 1.29 is 8.42 Å². The molecule has 1 fully saturated rings. The van der Waals surface area contributed by atoms with Crippen molar-refractivity contribution >= 4 is 22.6 Å². The van der Waals surface area contributed by atoms with Gasteiger partial charge in [-0.25, -0.2) is 0 Å². The van der Waals surface area contributed by atoms with Gasteiger partial charge in [-0.2, -0.15) is 17.4 Å². The summed E-state index contributed by atoms with van der Waals surface area (Å²) in [7, 11) is -0.181. The van der Waals surface area contributed by atoms with E-state index in [9.17, 15) is 8.42 Å². The molecule has 2 N–H and O–H groups in total. The molecule has 0 amide bonds. The summed E-state index contributed by atoms with van der Waals surface area (Å²) in [4.78, 5) is 0. The van der Waals surface area contributed by atoms with Crippen LogP contribution in [0.2, 0.25) is 0 Å². The van der Waals surface area contributed by atoms with E-state index in [1.165, 1.54) is 18.4 Å². The quantitative estimate of drug-likeness (QED) is 0.745. The van der Waals surface area contributed by atoms with Gasteiger partial charge in [-0.3, -0.25) is 0 Å². The van der Waals surface area contributed by atoms with E-state index in [2.05, 4.69) is 10.0 Å². The van der Waals surface area contributed by atoms with Crippen molar-refractivity contribution in [2.75, 3.05) is 27.2 Å². The number of halogens is 1. The Balaban J connectivity index is 0.00000196. The Kier molecular flexibility index (Phi) is 6.70. The van der Waals surface area contributed by atoms with Crippen LogP contribution < -0.4 is 10.0 Å². The molecule has 7 heteroatoms. The van der Waals surface area contributed by atoms with Gasteiger partial charge in [-0.1, -0.05) is 0 Å². The van der Waals surface area contributed by atoms with Crippen molar-refractivity contribution in [3.63, 3.8) is 0 Å². The maximum atomic E-state index is 11.5. The molecule has 0 aliphatic carbocycles. The number of hydrogen-bond acceptors (Lipinski definition) is 3. The second kappa shape index (κ2) is 6.65. The predicted octanol–water partition coefficient (Wildman–Crippen LogP) is -0.0537. The van der Waals surface area contributed by atoms with Crippen LogP contribution in [-0.4, -0.2) is 45.9 Å². The molecule has 0 aromatic carbocycles. The van der Waals surface area contributed by atoms with Gasteiger partial charge in [0.1, 0.15) is 0 Å². The molecule has 0 aromatic heterocycles. The molecule has 0 unspecified atom stereocenters. The molecule has 1 saturated heterocycles. The molecule has 0 radical (unpaired) electrons. The summed E-state index contributed by atoms with van der Waals surface area (Å²) in [6.07, 6.45) is 2.81. The summed E-state index contributed by atoms with van der Waals surface area (Å²) in [5.41, 5.74) is 0. The van der Waals surface area contributed by atoms with Crippen molar-refractivity contribution in [2.45, 2.75) is 25.3 Å². The fourth-order valence-corrected chi connectivity index (χ4v) is 2.32. The molecule has 0 spiro atoms. The molecule has 0 aromatic rings. The van der Waals surface area contributed by atoms with E-state index in [1.807, 2.05) is 0 Å². The third kappa shape index (κ3) is 5.12. The number of nitrogens with one attached hydrogen (secondary N) is 2. The van der Waals surface area contributed by atoms with E-state index >= 15 is 0 Å². The minimum Gasteiger partial charge on any atom is -0.317 e. The van der Waals surface area contributed by atoms with Gasteiger partial charge in [0, 0.05) is 20.1 Å². The molecule has 1 rings (SSSR count). The van der Waals surface area contributed by atoms with E-state index in [0.29, 0.717) is 0 Å². The Bertz CT molecular complexity index is 261. The van der Waals surface area contributed by atoms with E-state index in [1.54, 1.807) is 0 Å². The molecule has 1 aliphatic rings. The van der Waals surface area contributed by atoms with Crippen LogP contribution in [0.1, 0.15) is 19.3 Å². The smallest absolute Gasteiger partial charge is 0.279 e. The Morgan fingerprint density at radius 1 is 1.27 bits per heavy atom. The maximum absolute atomic E-state index is 11.5. The molecular formula is C8H20ClN3O2S. The number of rotatable bonds is 3. The van der Waals surface area contributed by atoms with Gasteiger partial charge in [0.25, 0.3) is 10.2 Å². The average molecular weight is 258 g/mol. The first-order valence-corrected chi connectivity index (χ1v) is 6.37. The summed E-state index contributed by atoms with van der Waals surface area (Å²) < 4.78 is 26.9. The maximum Gasteiger partial charge on any atom is 0.279 e. The average Bonchev–Trinajstić information content (AvgIpc) is 2.32. The Morgan fingerprint density at radius 2 is 1.93 bits per heavy atom. The predicted molar refractivity (Wildman–Crippen MR) is 63.5 cm³/mol. The van der Waals surface area contributed by atoms with E-state index in [-0.39, 0.29) is 18.4 Å². The monoisotopic (exact) mass is 257 g/mol. The SMILES string of the molecule is CN(C)S(=O)(=O)N[C@H]1CCCNCC1.Cl. The summed E-state index contributed by atoms with van der Waals surface area (Å²) in [5.74, 6) is 0. The molecule has 1 atom stereocenters. The highest BCUT2D eigenvalue weighted by molar-refractivity contribution is 7.87. The normalized spacial score (nSPS) is 23.3. The third-order valence-corrected chi connectivity index (χ3v) is 3.96. The van der Waals surface area contributed by atoms with E-state index in [4.69, 9.17) is 0 Å². The van der Waals surface area contributed by atoms with Gasteiger partial charge in [0.05, 0.1) is 0 Å². The van der Waals surface area contributed by atoms with Crippen LogP contribution in [0, 0.1) is 0 Å². The van der Waals surface area contributed by atoms with Gasteiger partial charge >= 0.3 is 0 Å². The number of nitrogens with zero attached hydrogens (tertiary/aromatic N) is 1. The first-order chi connectivity index (χ1) is 6.52. The fraction of sp³-hybridized carbons (Fsp3) is 1.00. The topological polar surface area (TPSA) is 61.4 Å². The molecule has 15 heavy (non-hydrogen) atoms. The first-order valence-electron chi connectivity index (χ1n) is 4.93. The van der Waals surface area contributed by atoms with Gasteiger partial charge in [0.2, 0.25) is 0 Å². The summed E-state index contributed by atoms with van der Waals surface area (Å²) >= 11 is 0. The first kappa shape index (κ1) is 15.1. The Morgan fingerprint density at radius 3 is 2.53 bits per heavy atom. The third-order valence-electron chi connectivity index (χ3n) is 2.37. The highest BCUT2D eigenvalue weighted by Crippen LogP contribution is 2.06. The Hall–Kier alpha value is 0.120. The zero-order valence-corrected chi connectivity index (χ0v) is 10.8. The van der Waals surface area contributed by atoms with Crippen molar-refractivity contribution in [3.8, 4) is 0 Å². The lowest BCUT2D eigenvalue weighted by atomic mass is 10.1. The van der Waals surface area contributed by atoms with Crippen LogP contribution in [-0.2, 0) is 10.2 Å². The summed E-state index contributed by atoms with van der Waals surface area (Å²) in [6.45, 7) is 1.88. The lowest BCUT2D eigenvalue weighted by molar-refractivity contribution is 0.470. The van der Waals surface area contributed by atoms with E-state index < -0.39 is 10.2 Å². The fourth-order valence-electron chi connectivity index (χ4n) is 1.45. The zero-order valence-electron chi connectivity index (χ0n) is 9.19. The van der Waals surface area contributed by atoms with Crippen LogP contribution in [0.3, 0.4) is 0 Å². The van der Waals surface area contributed by atoms with E-state index in [0.717, 1.165) is 32.4 Å². The lowest BCUT2D eigenvalue weighted by Crippen LogP contribution is -2.42. The largest absolute Gasteiger partial charge is 0.317 e. The van der Waals surface area contributed by atoms with Crippen molar-refractivity contribution in [3.05, 3.63) is 0 Å². The molecule has 0 bridgehead atoms. The van der Waals surface area contributed by atoms with Crippen LogP contribution in [0.25, 0.3) is 0 Å². The van der Waals surface area contributed by atoms with Crippen molar-refractivity contribution in [1.29, 1.82) is 0 Å². The van der Waals surface area contributed by atoms with Gasteiger partial charge in [0.15, 0.2) is 0 Å². The van der Waals surface area contributed by atoms with Crippen LogP contribution >= 0.6 is 12.4 Å². The molecule has 1 heterocycles. The molecule has 1 aliphatic heterocycles. The minimum absolute atomic E-state index is 0. The second-order valence-electron chi connectivity index (χ2n) is 3.78. The van der Waals surface area contributed by atoms with Gasteiger partial charge in [-0.15, -0.1) is 12.4 Å². The van der Waals surface area contributed by atoms with Crippen LogP contribution in [0.5, 0.6) is 0 Å². The van der Waals surface area contributed by atoms with Gasteiger partial charge in [-0.05, 0) is 32.4 Å². The van der Waals surface area contributed by atoms with Crippen molar-refractivity contribution in [2.24, 2.45) is 0 Å². The highest BCUT2D eigenvalue weighted by atomic mass is 35.5. The second-order valence-corrected chi connectivity index (χ2v) is 5.70. The molecule has 0 saturated carbocycles. The molecular weight excluding hydrogens is 238 g/mol. The van der Waals surface area contributed by atoms with Crippen LogP contribution in [0.15, 0.2) is 0 Å². The standard InChI is InChI=1S/C8H19N3O2S.ClH/c1-11(2)14(12,13)10-8-4-3-6-9-7-5-8;/h8-10H,3-7H2,1-2H3;1H/t8-;/m0./s1. The van der Waals surface area contributed by atoms with Gasteiger partial charge < -0.3 is 5.32 Å². The summed E-state index contributed by atoms with van der Waals surface area (Å²) in [5, 5.41) is 3.24. The number of hydrogen-bond donors (Lipinski definition) is 2. The highest BCUT2D eigenvalue weighted by Gasteiger charge is 2.20. The Labute approximate surface area is 98.2 Å². The minimum atomic E-state index is -3.26. The lowest BCUT2D eigenvalue weighted by Gasteiger charge is -2.19. The zero-order chi connectivity index (χ0) is 10.6. The van der Waals surface area contributed by atoms with Crippen molar-refractivity contribution in [1.82, 2.24) is 14.3 Å². The summed E-state index contributed by atoms with van der Waals surface area (Å²) in [6, 6.07) is 0.0809.